The Hall–Kier alpha value is -0.530. The van der Waals surface area contributed by atoms with E-state index in [1.165, 1.54) is 37.7 Å². The average molecular weight is 280 g/mol. The van der Waals surface area contributed by atoms with Crippen molar-refractivity contribution < 1.29 is 0 Å². The summed E-state index contributed by atoms with van der Waals surface area (Å²) in [5, 5.41) is 4.57. The number of nitrogens with one attached hydrogen (secondary N) is 1. The van der Waals surface area contributed by atoms with E-state index in [0.717, 1.165) is 18.0 Å². The van der Waals surface area contributed by atoms with Crippen molar-refractivity contribution >= 4 is 11.6 Å². The van der Waals surface area contributed by atoms with Crippen molar-refractivity contribution in [1.82, 2.24) is 5.32 Å². The van der Waals surface area contributed by atoms with Gasteiger partial charge in [0.2, 0.25) is 0 Å². The lowest BCUT2D eigenvalue weighted by Crippen LogP contribution is -2.45. The first-order valence-corrected chi connectivity index (χ1v) is 8.06. The Bertz CT molecular complexity index is 379. The quantitative estimate of drug-likeness (QED) is 0.786. The molecule has 1 nitrogen and oxygen atoms in total. The van der Waals surface area contributed by atoms with Gasteiger partial charge in [-0.25, -0.2) is 0 Å². The second kappa shape index (κ2) is 6.76. The molecule has 2 heteroatoms. The number of benzene rings is 1. The molecule has 0 radical (unpaired) electrons. The first-order chi connectivity index (χ1) is 9.20. The Labute approximate surface area is 122 Å². The molecule has 0 aliphatic heterocycles. The van der Waals surface area contributed by atoms with Crippen LogP contribution in [0.5, 0.6) is 0 Å². The number of halogens is 1. The Balaban J connectivity index is 2.13. The van der Waals surface area contributed by atoms with Crippen LogP contribution in [0, 0.1) is 5.41 Å². The van der Waals surface area contributed by atoms with E-state index < -0.39 is 0 Å². The van der Waals surface area contributed by atoms with E-state index in [0.29, 0.717) is 11.5 Å². The Morgan fingerprint density at radius 2 is 1.79 bits per heavy atom. The SMILES string of the molecule is CCNC(Cc1ccc(Cl)cc1)C1(CC)CCCC1. The summed E-state index contributed by atoms with van der Waals surface area (Å²) < 4.78 is 0. The molecule has 106 valence electrons. The highest BCUT2D eigenvalue weighted by Gasteiger charge is 2.39. The smallest absolute Gasteiger partial charge is 0.0406 e. The topological polar surface area (TPSA) is 12.0 Å². The van der Waals surface area contributed by atoms with E-state index in [-0.39, 0.29) is 0 Å². The van der Waals surface area contributed by atoms with Crippen LogP contribution in [0.2, 0.25) is 5.02 Å². The summed E-state index contributed by atoms with van der Waals surface area (Å²) in [5.74, 6) is 0. The van der Waals surface area contributed by atoms with Crippen molar-refractivity contribution in [2.45, 2.75) is 58.4 Å². The number of hydrogen-bond acceptors (Lipinski definition) is 1. The van der Waals surface area contributed by atoms with Crippen molar-refractivity contribution in [2.75, 3.05) is 6.54 Å². The zero-order valence-corrected chi connectivity index (χ0v) is 13.0. The van der Waals surface area contributed by atoms with Crippen molar-refractivity contribution in [3.63, 3.8) is 0 Å². The molecule has 0 bridgehead atoms. The molecular formula is C17H26ClN. The van der Waals surface area contributed by atoms with Gasteiger partial charge in [-0.1, -0.05) is 50.4 Å². The number of rotatable bonds is 6. The molecular weight excluding hydrogens is 254 g/mol. The molecule has 1 aliphatic rings. The summed E-state index contributed by atoms with van der Waals surface area (Å²) in [7, 11) is 0. The van der Waals surface area contributed by atoms with Crippen molar-refractivity contribution in [1.29, 1.82) is 0 Å². The summed E-state index contributed by atoms with van der Waals surface area (Å²) in [6, 6.07) is 8.96. The van der Waals surface area contributed by atoms with Gasteiger partial charge in [-0.2, -0.15) is 0 Å². The lowest BCUT2D eigenvalue weighted by molar-refractivity contribution is 0.186. The molecule has 0 saturated heterocycles. The van der Waals surface area contributed by atoms with Crippen LogP contribution < -0.4 is 5.32 Å². The maximum atomic E-state index is 5.98. The molecule has 1 aromatic rings. The van der Waals surface area contributed by atoms with Crippen molar-refractivity contribution in [3.8, 4) is 0 Å². The summed E-state index contributed by atoms with van der Waals surface area (Å²) in [4.78, 5) is 0. The fourth-order valence-electron chi connectivity index (χ4n) is 3.64. The van der Waals surface area contributed by atoms with E-state index in [4.69, 9.17) is 11.6 Å². The highest BCUT2D eigenvalue weighted by molar-refractivity contribution is 6.30. The van der Waals surface area contributed by atoms with Crippen molar-refractivity contribution in [2.24, 2.45) is 5.41 Å². The second-order valence-electron chi connectivity index (χ2n) is 5.86. The van der Waals surface area contributed by atoms with Crippen LogP contribution in [0.3, 0.4) is 0 Å². The predicted molar refractivity (Wildman–Crippen MR) is 83.8 cm³/mol. The fourth-order valence-corrected chi connectivity index (χ4v) is 3.76. The summed E-state index contributed by atoms with van der Waals surface area (Å²) in [6.45, 7) is 5.63. The largest absolute Gasteiger partial charge is 0.313 e. The molecule has 1 fully saturated rings. The third-order valence-corrected chi connectivity index (χ3v) is 5.10. The van der Waals surface area contributed by atoms with Crippen molar-refractivity contribution in [3.05, 3.63) is 34.9 Å². The van der Waals surface area contributed by atoms with Gasteiger partial charge in [-0.3, -0.25) is 0 Å². The predicted octanol–water partition coefficient (Wildman–Crippen LogP) is 4.83. The molecule has 1 unspecified atom stereocenters. The molecule has 19 heavy (non-hydrogen) atoms. The first-order valence-electron chi connectivity index (χ1n) is 7.68. The normalized spacial score (nSPS) is 19.5. The molecule has 1 atom stereocenters. The molecule has 0 heterocycles. The fraction of sp³-hybridized carbons (Fsp3) is 0.647. The molecule has 1 aliphatic carbocycles. The molecule has 0 spiro atoms. The minimum atomic E-state index is 0.510. The zero-order valence-electron chi connectivity index (χ0n) is 12.2. The minimum Gasteiger partial charge on any atom is -0.313 e. The number of hydrogen-bond donors (Lipinski definition) is 1. The van der Waals surface area contributed by atoms with Gasteiger partial charge >= 0.3 is 0 Å². The first kappa shape index (κ1) is 14.9. The number of likely N-dealkylation sites (N-methyl/N-ethyl adjacent to an activating group) is 1. The standard InChI is InChI=1S/C17H26ClN/c1-3-17(11-5-6-12-17)16(19-4-2)13-14-7-9-15(18)10-8-14/h7-10,16,19H,3-6,11-13H2,1-2H3. The van der Waals surface area contributed by atoms with Crippen LogP contribution in [0.1, 0.15) is 51.5 Å². The van der Waals surface area contributed by atoms with E-state index in [1.807, 2.05) is 12.1 Å². The average Bonchev–Trinajstić information content (AvgIpc) is 2.91. The van der Waals surface area contributed by atoms with E-state index in [1.54, 1.807) is 0 Å². The van der Waals surface area contributed by atoms with Gasteiger partial charge in [0, 0.05) is 11.1 Å². The van der Waals surface area contributed by atoms with Crippen LogP contribution in [-0.4, -0.2) is 12.6 Å². The minimum absolute atomic E-state index is 0.510. The summed E-state index contributed by atoms with van der Waals surface area (Å²) in [6.07, 6.45) is 7.98. The third kappa shape index (κ3) is 3.52. The third-order valence-electron chi connectivity index (χ3n) is 4.85. The van der Waals surface area contributed by atoms with E-state index in [9.17, 15) is 0 Å². The lowest BCUT2D eigenvalue weighted by atomic mass is 9.74. The van der Waals surface area contributed by atoms with Gasteiger partial charge in [-0.15, -0.1) is 0 Å². The molecule has 1 N–H and O–H groups in total. The van der Waals surface area contributed by atoms with Crippen LogP contribution in [0.15, 0.2) is 24.3 Å². The van der Waals surface area contributed by atoms with E-state index in [2.05, 4.69) is 31.3 Å². The monoisotopic (exact) mass is 279 g/mol. The van der Waals surface area contributed by atoms with Crippen LogP contribution in [-0.2, 0) is 6.42 Å². The maximum Gasteiger partial charge on any atom is 0.0406 e. The highest BCUT2D eigenvalue weighted by atomic mass is 35.5. The Morgan fingerprint density at radius 3 is 2.32 bits per heavy atom. The molecule has 0 amide bonds. The Kier molecular flexibility index (Phi) is 5.29. The van der Waals surface area contributed by atoms with E-state index >= 15 is 0 Å². The molecule has 0 aromatic heterocycles. The van der Waals surface area contributed by atoms with Gasteiger partial charge in [0.1, 0.15) is 0 Å². The molecule has 1 saturated carbocycles. The van der Waals surface area contributed by atoms with Crippen LogP contribution >= 0.6 is 11.6 Å². The highest BCUT2D eigenvalue weighted by Crippen LogP contribution is 2.44. The van der Waals surface area contributed by atoms with Crippen LogP contribution in [0.4, 0.5) is 0 Å². The van der Waals surface area contributed by atoms with Gasteiger partial charge in [0.05, 0.1) is 0 Å². The van der Waals surface area contributed by atoms with Crippen LogP contribution in [0.25, 0.3) is 0 Å². The van der Waals surface area contributed by atoms with Gasteiger partial charge in [-0.05, 0) is 55.3 Å². The Morgan fingerprint density at radius 1 is 1.16 bits per heavy atom. The van der Waals surface area contributed by atoms with Gasteiger partial charge < -0.3 is 5.32 Å². The second-order valence-corrected chi connectivity index (χ2v) is 6.30. The molecule has 1 aromatic carbocycles. The summed E-state index contributed by atoms with van der Waals surface area (Å²) in [5.41, 5.74) is 1.91. The molecule has 2 rings (SSSR count). The van der Waals surface area contributed by atoms with Gasteiger partial charge in [0.15, 0.2) is 0 Å². The summed E-state index contributed by atoms with van der Waals surface area (Å²) >= 11 is 5.98. The maximum absolute atomic E-state index is 5.98. The van der Waals surface area contributed by atoms with Gasteiger partial charge in [0.25, 0.3) is 0 Å². The lowest BCUT2D eigenvalue weighted by Gasteiger charge is -2.38. The zero-order chi connectivity index (χ0) is 13.7.